The van der Waals surface area contributed by atoms with Gasteiger partial charge in [-0.15, -0.1) is 0 Å². The van der Waals surface area contributed by atoms with Gasteiger partial charge in [-0.25, -0.2) is 4.39 Å². The molecular weight excluding hydrogens is 319 g/mol. The standard InChI is InChI=1S/C20H23FN2O2/c1-25-19-14-23(20(24)13-18-7-2-3-9-22-18)10-8-16(19)11-15-5-4-6-17(21)12-15/h2-7,9,12,16,19H,8,10-11,13-14H2,1H3/t16-,19-/m1/s1. The lowest BCUT2D eigenvalue weighted by Crippen LogP contribution is -2.48. The molecule has 1 aromatic heterocycles. The number of amides is 1. The number of hydrogen-bond donors (Lipinski definition) is 0. The average Bonchev–Trinajstić information content (AvgIpc) is 2.63. The van der Waals surface area contributed by atoms with Gasteiger partial charge in [0.25, 0.3) is 0 Å². The van der Waals surface area contributed by atoms with Crippen LogP contribution in [0.25, 0.3) is 0 Å². The van der Waals surface area contributed by atoms with Gasteiger partial charge in [0.15, 0.2) is 0 Å². The van der Waals surface area contributed by atoms with Crippen molar-refractivity contribution >= 4 is 5.91 Å². The number of halogens is 1. The summed E-state index contributed by atoms with van der Waals surface area (Å²) in [7, 11) is 1.68. The quantitative estimate of drug-likeness (QED) is 0.839. The lowest BCUT2D eigenvalue weighted by molar-refractivity contribution is -0.135. The molecule has 1 aromatic carbocycles. The van der Waals surface area contributed by atoms with Crippen molar-refractivity contribution in [2.75, 3.05) is 20.2 Å². The van der Waals surface area contributed by atoms with Crippen LogP contribution in [0.5, 0.6) is 0 Å². The SMILES string of the molecule is CO[C@@H]1CN(C(=O)Cc2ccccn2)CC[C@@H]1Cc1cccc(F)c1. The van der Waals surface area contributed by atoms with E-state index in [4.69, 9.17) is 4.74 Å². The highest BCUT2D eigenvalue weighted by Gasteiger charge is 2.31. The van der Waals surface area contributed by atoms with E-state index in [1.54, 1.807) is 25.4 Å². The van der Waals surface area contributed by atoms with Crippen LogP contribution in [0.3, 0.4) is 0 Å². The third-order valence-electron chi connectivity index (χ3n) is 4.80. The van der Waals surface area contributed by atoms with Gasteiger partial charge >= 0.3 is 0 Å². The maximum Gasteiger partial charge on any atom is 0.228 e. The van der Waals surface area contributed by atoms with Gasteiger partial charge < -0.3 is 9.64 Å². The molecule has 1 amide bonds. The monoisotopic (exact) mass is 342 g/mol. The van der Waals surface area contributed by atoms with Gasteiger partial charge in [0.2, 0.25) is 5.91 Å². The molecule has 0 aliphatic carbocycles. The largest absolute Gasteiger partial charge is 0.379 e. The number of likely N-dealkylation sites (tertiary alicyclic amines) is 1. The molecule has 1 fully saturated rings. The highest BCUT2D eigenvalue weighted by Crippen LogP contribution is 2.25. The highest BCUT2D eigenvalue weighted by atomic mass is 19.1. The van der Waals surface area contributed by atoms with E-state index in [1.165, 1.54) is 6.07 Å². The summed E-state index contributed by atoms with van der Waals surface area (Å²) in [5.74, 6) is 0.144. The lowest BCUT2D eigenvalue weighted by Gasteiger charge is -2.38. The molecule has 132 valence electrons. The second kappa shape index (κ2) is 8.21. The number of pyridine rings is 1. The molecule has 2 aromatic rings. The Morgan fingerprint density at radius 2 is 2.20 bits per heavy atom. The maximum atomic E-state index is 13.4. The highest BCUT2D eigenvalue weighted by molar-refractivity contribution is 5.78. The van der Waals surface area contributed by atoms with Crippen LogP contribution in [0.4, 0.5) is 4.39 Å². The maximum absolute atomic E-state index is 13.4. The van der Waals surface area contributed by atoms with Gasteiger partial charge in [-0.3, -0.25) is 9.78 Å². The van der Waals surface area contributed by atoms with Crippen molar-refractivity contribution in [1.29, 1.82) is 0 Å². The molecule has 0 unspecified atom stereocenters. The van der Waals surface area contributed by atoms with E-state index in [1.807, 2.05) is 29.2 Å². The Labute approximate surface area is 147 Å². The minimum absolute atomic E-state index is 0.0373. The molecule has 0 bridgehead atoms. The summed E-state index contributed by atoms with van der Waals surface area (Å²) in [4.78, 5) is 18.6. The van der Waals surface area contributed by atoms with Gasteiger partial charge in [0.1, 0.15) is 5.82 Å². The van der Waals surface area contributed by atoms with E-state index in [0.717, 1.165) is 24.1 Å². The summed E-state index contributed by atoms with van der Waals surface area (Å²) < 4.78 is 19.0. The number of nitrogens with zero attached hydrogens (tertiary/aromatic N) is 2. The molecule has 1 aliphatic rings. The van der Waals surface area contributed by atoms with Gasteiger partial charge in [0, 0.05) is 32.1 Å². The predicted molar refractivity (Wildman–Crippen MR) is 93.5 cm³/mol. The molecule has 5 heteroatoms. The van der Waals surface area contributed by atoms with Crippen molar-refractivity contribution < 1.29 is 13.9 Å². The van der Waals surface area contributed by atoms with Crippen molar-refractivity contribution in [2.45, 2.75) is 25.4 Å². The molecular formula is C20H23FN2O2. The number of piperidine rings is 1. The number of carbonyl (C=O) groups excluding carboxylic acids is 1. The summed E-state index contributed by atoms with van der Waals surface area (Å²) in [5, 5.41) is 0. The summed E-state index contributed by atoms with van der Waals surface area (Å²) in [6.07, 6.45) is 3.59. The number of rotatable bonds is 5. The van der Waals surface area contributed by atoms with Crippen LogP contribution < -0.4 is 0 Å². The number of ether oxygens (including phenoxy) is 1. The summed E-state index contributed by atoms with van der Waals surface area (Å²) >= 11 is 0. The van der Waals surface area contributed by atoms with E-state index >= 15 is 0 Å². The summed E-state index contributed by atoms with van der Waals surface area (Å²) in [6, 6.07) is 12.3. The lowest BCUT2D eigenvalue weighted by atomic mass is 9.87. The Kier molecular flexibility index (Phi) is 5.76. The van der Waals surface area contributed by atoms with Crippen molar-refractivity contribution in [3.05, 3.63) is 65.7 Å². The van der Waals surface area contributed by atoms with E-state index < -0.39 is 0 Å². The second-order valence-corrected chi connectivity index (χ2v) is 6.49. The van der Waals surface area contributed by atoms with Gasteiger partial charge in [-0.05, 0) is 48.6 Å². The Hall–Kier alpha value is -2.27. The normalized spacial score (nSPS) is 20.5. The topological polar surface area (TPSA) is 42.4 Å². The van der Waals surface area contributed by atoms with Gasteiger partial charge in [0.05, 0.1) is 12.5 Å². The van der Waals surface area contributed by atoms with Crippen molar-refractivity contribution in [2.24, 2.45) is 5.92 Å². The van der Waals surface area contributed by atoms with Crippen molar-refractivity contribution in [3.63, 3.8) is 0 Å². The molecule has 25 heavy (non-hydrogen) atoms. The van der Waals surface area contributed by atoms with E-state index in [9.17, 15) is 9.18 Å². The fourth-order valence-corrected chi connectivity index (χ4v) is 3.43. The molecule has 2 atom stereocenters. The predicted octanol–water partition coefficient (Wildman–Crippen LogP) is 2.87. The Morgan fingerprint density at radius 3 is 2.92 bits per heavy atom. The van der Waals surface area contributed by atoms with Crippen LogP contribution in [0.15, 0.2) is 48.7 Å². The zero-order valence-electron chi connectivity index (χ0n) is 14.4. The van der Waals surface area contributed by atoms with Crippen LogP contribution in [-0.4, -0.2) is 42.1 Å². The van der Waals surface area contributed by atoms with E-state index in [2.05, 4.69) is 4.98 Å². The number of aromatic nitrogens is 1. The molecule has 0 spiro atoms. The third-order valence-corrected chi connectivity index (χ3v) is 4.80. The van der Waals surface area contributed by atoms with Crippen LogP contribution >= 0.6 is 0 Å². The summed E-state index contributed by atoms with van der Waals surface area (Å²) in [6.45, 7) is 1.27. The fourth-order valence-electron chi connectivity index (χ4n) is 3.43. The minimum Gasteiger partial charge on any atom is -0.379 e. The molecule has 1 aliphatic heterocycles. The summed E-state index contributed by atoms with van der Waals surface area (Å²) in [5.41, 5.74) is 1.75. The van der Waals surface area contributed by atoms with Crippen LogP contribution in [-0.2, 0) is 22.4 Å². The number of methoxy groups -OCH3 is 1. The number of hydrogen-bond acceptors (Lipinski definition) is 3. The first-order valence-electron chi connectivity index (χ1n) is 8.60. The van der Waals surface area contributed by atoms with E-state index in [-0.39, 0.29) is 23.7 Å². The number of carbonyl (C=O) groups is 1. The van der Waals surface area contributed by atoms with Crippen LogP contribution in [0, 0.1) is 11.7 Å². The first kappa shape index (κ1) is 17.5. The Morgan fingerprint density at radius 1 is 1.32 bits per heavy atom. The molecule has 0 radical (unpaired) electrons. The first-order valence-corrected chi connectivity index (χ1v) is 8.60. The molecule has 1 saturated heterocycles. The molecule has 4 nitrogen and oxygen atoms in total. The first-order chi connectivity index (χ1) is 12.2. The minimum atomic E-state index is -0.213. The molecule has 0 saturated carbocycles. The average molecular weight is 342 g/mol. The Balaban J connectivity index is 1.60. The smallest absolute Gasteiger partial charge is 0.228 e. The molecule has 3 rings (SSSR count). The van der Waals surface area contributed by atoms with Crippen molar-refractivity contribution in [1.82, 2.24) is 9.88 Å². The Bertz CT molecular complexity index is 708. The molecule has 2 heterocycles. The third kappa shape index (κ3) is 4.63. The fraction of sp³-hybridized carbons (Fsp3) is 0.400. The van der Waals surface area contributed by atoms with E-state index in [0.29, 0.717) is 19.5 Å². The zero-order valence-corrected chi connectivity index (χ0v) is 14.4. The van der Waals surface area contributed by atoms with Gasteiger partial charge in [-0.1, -0.05) is 18.2 Å². The van der Waals surface area contributed by atoms with Gasteiger partial charge in [-0.2, -0.15) is 0 Å². The van der Waals surface area contributed by atoms with Crippen LogP contribution in [0.2, 0.25) is 0 Å². The van der Waals surface area contributed by atoms with Crippen LogP contribution in [0.1, 0.15) is 17.7 Å². The zero-order chi connectivity index (χ0) is 17.6. The molecule has 0 N–H and O–H groups in total. The second-order valence-electron chi connectivity index (χ2n) is 6.49. The number of benzene rings is 1. The van der Waals surface area contributed by atoms with Crippen molar-refractivity contribution in [3.8, 4) is 0 Å².